The molecule has 0 aliphatic heterocycles. The van der Waals surface area contributed by atoms with E-state index in [1.165, 1.54) is 0 Å². The first-order valence-electron chi connectivity index (χ1n) is 4.74. The van der Waals surface area contributed by atoms with Gasteiger partial charge in [0.15, 0.2) is 6.29 Å². The molecule has 2 nitrogen and oxygen atoms in total. The molecule has 0 aliphatic rings. The molecule has 0 saturated carbocycles. The second-order valence-electron chi connectivity index (χ2n) is 4.37. The van der Waals surface area contributed by atoms with Crippen LogP contribution < -0.4 is 0 Å². The third kappa shape index (κ3) is 2.85. The van der Waals surface area contributed by atoms with Crippen molar-refractivity contribution in [1.29, 1.82) is 0 Å². The van der Waals surface area contributed by atoms with Crippen LogP contribution in [0.3, 0.4) is 0 Å². The summed E-state index contributed by atoms with van der Waals surface area (Å²) in [6, 6.07) is 5.11. The number of aromatic hydroxyl groups is 1. The third-order valence-electron chi connectivity index (χ3n) is 2.08. The van der Waals surface area contributed by atoms with Gasteiger partial charge in [-0.05, 0) is 29.5 Å². The van der Waals surface area contributed by atoms with Gasteiger partial charge in [0.05, 0.1) is 0 Å². The predicted octanol–water partition coefficient (Wildman–Crippen LogP) is 2.24. The van der Waals surface area contributed by atoms with Crippen molar-refractivity contribution in [3.05, 3.63) is 29.3 Å². The fraction of sp³-hybridized carbons (Fsp3) is 0.308. The van der Waals surface area contributed by atoms with E-state index in [1.807, 2.05) is 26.8 Å². The Morgan fingerprint density at radius 1 is 1.33 bits per heavy atom. The Labute approximate surface area is 89.9 Å². The molecule has 0 heterocycles. The first-order chi connectivity index (χ1) is 6.95. The van der Waals surface area contributed by atoms with Crippen LogP contribution in [0, 0.1) is 11.8 Å². The van der Waals surface area contributed by atoms with Crippen molar-refractivity contribution in [2.75, 3.05) is 0 Å². The van der Waals surface area contributed by atoms with Crippen LogP contribution in [0.4, 0.5) is 0 Å². The number of hydrogen-bond acceptors (Lipinski definition) is 2. The van der Waals surface area contributed by atoms with Gasteiger partial charge >= 0.3 is 0 Å². The molecular formula is C13H14O2. The van der Waals surface area contributed by atoms with Crippen molar-refractivity contribution in [3.63, 3.8) is 0 Å². The van der Waals surface area contributed by atoms with E-state index in [1.54, 1.807) is 12.1 Å². The lowest BCUT2D eigenvalue weighted by Gasteiger charge is -2.20. The highest BCUT2D eigenvalue weighted by atomic mass is 16.3. The maximum absolute atomic E-state index is 10.1. The predicted molar refractivity (Wildman–Crippen MR) is 59.7 cm³/mol. The van der Waals surface area contributed by atoms with E-state index < -0.39 is 0 Å². The van der Waals surface area contributed by atoms with E-state index in [9.17, 15) is 9.90 Å². The molecule has 0 spiro atoms. The topological polar surface area (TPSA) is 37.3 Å². The summed E-state index contributed by atoms with van der Waals surface area (Å²) in [5, 5.41) is 9.68. The molecule has 1 rings (SSSR count). The Kier molecular flexibility index (Phi) is 3.16. The molecule has 0 saturated heterocycles. The van der Waals surface area contributed by atoms with Gasteiger partial charge < -0.3 is 5.11 Å². The third-order valence-corrected chi connectivity index (χ3v) is 2.08. The summed E-state index contributed by atoms with van der Waals surface area (Å²) in [7, 11) is 0. The van der Waals surface area contributed by atoms with Gasteiger partial charge in [-0.15, -0.1) is 0 Å². The lowest BCUT2D eigenvalue weighted by Crippen LogP contribution is -2.11. The standard InChI is InChI=1S/C13H14O2/c1-13(2,3)11-9-10(5-4-8-14)6-7-12(11)15/h6-9,15H,1-3H3. The molecule has 0 unspecified atom stereocenters. The van der Waals surface area contributed by atoms with Crippen molar-refractivity contribution in [2.24, 2.45) is 0 Å². The van der Waals surface area contributed by atoms with Crippen LogP contribution in [0.25, 0.3) is 0 Å². The van der Waals surface area contributed by atoms with E-state index in [4.69, 9.17) is 0 Å². The maximum atomic E-state index is 10.1. The van der Waals surface area contributed by atoms with Crippen LogP contribution in [0.15, 0.2) is 18.2 Å². The molecule has 0 amide bonds. The summed E-state index contributed by atoms with van der Waals surface area (Å²) in [5.41, 5.74) is 1.44. The van der Waals surface area contributed by atoms with Crippen LogP contribution in [-0.2, 0) is 10.2 Å². The number of phenols is 1. The summed E-state index contributed by atoms with van der Waals surface area (Å²) in [6.07, 6.45) is 0.559. The summed E-state index contributed by atoms with van der Waals surface area (Å²) in [4.78, 5) is 10.1. The molecule has 0 atom stereocenters. The monoisotopic (exact) mass is 202 g/mol. The highest BCUT2D eigenvalue weighted by molar-refractivity contribution is 5.74. The van der Waals surface area contributed by atoms with Gasteiger partial charge in [0.2, 0.25) is 0 Å². The average Bonchev–Trinajstić information content (AvgIpc) is 2.15. The molecule has 0 aromatic heterocycles. The van der Waals surface area contributed by atoms with Crippen LogP contribution in [0.5, 0.6) is 5.75 Å². The Morgan fingerprint density at radius 3 is 2.53 bits per heavy atom. The first kappa shape index (κ1) is 11.3. The Morgan fingerprint density at radius 2 is 2.00 bits per heavy atom. The Bertz CT molecular complexity index is 428. The van der Waals surface area contributed by atoms with Gasteiger partial charge in [0.25, 0.3) is 0 Å². The van der Waals surface area contributed by atoms with Crippen molar-refractivity contribution in [3.8, 4) is 17.6 Å². The zero-order chi connectivity index (χ0) is 11.5. The number of carbonyl (C=O) groups excluding carboxylic acids is 1. The highest BCUT2D eigenvalue weighted by Crippen LogP contribution is 2.30. The lowest BCUT2D eigenvalue weighted by atomic mass is 9.85. The molecule has 1 aromatic rings. The normalized spacial score (nSPS) is 10.3. The minimum atomic E-state index is -0.136. The molecule has 15 heavy (non-hydrogen) atoms. The van der Waals surface area contributed by atoms with Crippen molar-refractivity contribution in [1.82, 2.24) is 0 Å². The molecule has 0 fully saturated rings. The number of aldehydes is 1. The second-order valence-corrected chi connectivity index (χ2v) is 4.37. The van der Waals surface area contributed by atoms with E-state index in [2.05, 4.69) is 11.8 Å². The van der Waals surface area contributed by atoms with Gasteiger partial charge in [0.1, 0.15) is 5.75 Å². The Balaban J connectivity index is 3.23. The van der Waals surface area contributed by atoms with Crippen molar-refractivity contribution in [2.45, 2.75) is 26.2 Å². The van der Waals surface area contributed by atoms with Crippen molar-refractivity contribution >= 4 is 6.29 Å². The lowest BCUT2D eigenvalue weighted by molar-refractivity contribution is -0.103. The quantitative estimate of drug-likeness (QED) is 0.517. The molecule has 2 heteroatoms. The minimum Gasteiger partial charge on any atom is -0.508 e. The van der Waals surface area contributed by atoms with Crippen LogP contribution in [-0.4, -0.2) is 11.4 Å². The largest absolute Gasteiger partial charge is 0.508 e. The van der Waals surface area contributed by atoms with E-state index in [0.717, 1.165) is 11.1 Å². The van der Waals surface area contributed by atoms with E-state index >= 15 is 0 Å². The summed E-state index contributed by atoms with van der Waals surface area (Å²) in [6.45, 7) is 6.04. The maximum Gasteiger partial charge on any atom is 0.193 e. The van der Waals surface area contributed by atoms with E-state index in [0.29, 0.717) is 6.29 Å². The van der Waals surface area contributed by atoms with Gasteiger partial charge in [-0.1, -0.05) is 26.7 Å². The van der Waals surface area contributed by atoms with Crippen LogP contribution in [0.1, 0.15) is 31.9 Å². The van der Waals surface area contributed by atoms with Crippen LogP contribution in [0.2, 0.25) is 0 Å². The molecule has 0 aliphatic carbocycles. The summed E-state index contributed by atoms with van der Waals surface area (Å²) >= 11 is 0. The molecule has 1 aromatic carbocycles. The average molecular weight is 202 g/mol. The summed E-state index contributed by atoms with van der Waals surface area (Å²) < 4.78 is 0. The number of phenolic OH excluding ortho intramolecular Hbond substituents is 1. The number of rotatable bonds is 0. The fourth-order valence-electron chi connectivity index (χ4n) is 1.33. The second kappa shape index (κ2) is 4.18. The number of hydrogen-bond donors (Lipinski definition) is 1. The highest BCUT2D eigenvalue weighted by Gasteiger charge is 2.17. The number of carbonyl (C=O) groups is 1. The zero-order valence-corrected chi connectivity index (χ0v) is 9.16. The summed E-state index contributed by atoms with van der Waals surface area (Å²) in [5.74, 6) is 5.32. The minimum absolute atomic E-state index is 0.136. The van der Waals surface area contributed by atoms with Gasteiger partial charge in [-0.2, -0.15) is 0 Å². The van der Waals surface area contributed by atoms with Gasteiger partial charge in [0, 0.05) is 11.1 Å². The first-order valence-corrected chi connectivity index (χ1v) is 4.74. The van der Waals surface area contributed by atoms with Crippen LogP contribution >= 0.6 is 0 Å². The molecule has 1 N–H and O–H groups in total. The van der Waals surface area contributed by atoms with Crippen molar-refractivity contribution < 1.29 is 9.90 Å². The molecule has 0 bridgehead atoms. The Hall–Kier alpha value is -1.75. The fourth-order valence-corrected chi connectivity index (χ4v) is 1.33. The smallest absolute Gasteiger partial charge is 0.193 e. The zero-order valence-electron chi connectivity index (χ0n) is 9.16. The molecule has 78 valence electrons. The van der Waals surface area contributed by atoms with Gasteiger partial charge in [-0.3, -0.25) is 4.79 Å². The SMILES string of the molecule is CC(C)(C)c1cc(C#CC=O)ccc1O. The molecule has 0 radical (unpaired) electrons. The van der Waals surface area contributed by atoms with E-state index in [-0.39, 0.29) is 11.2 Å². The number of benzene rings is 1. The molecular weight excluding hydrogens is 188 g/mol. The van der Waals surface area contributed by atoms with Gasteiger partial charge in [-0.25, -0.2) is 0 Å².